The highest BCUT2D eigenvalue weighted by Gasteiger charge is 2.19. The summed E-state index contributed by atoms with van der Waals surface area (Å²) >= 11 is 0. The number of amides is 1. The van der Waals surface area contributed by atoms with E-state index >= 15 is 0 Å². The van der Waals surface area contributed by atoms with Gasteiger partial charge in [0.1, 0.15) is 6.04 Å². The molecular formula is C11H17NO3. The Bertz CT molecular complexity index is 269. The van der Waals surface area contributed by atoms with E-state index in [1.54, 1.807) is 0 Å². The standard InChI is InChI=1S/C11H17NO3/c1-2-3-9(11(14)15)12-10(13)7-6-8-4-5-8/h6-9H,2-5H2,1H3,(H,12,13)(H,14,15)/b7-6+. The van der Waals surface area contributed by atoms with Gasteiger partial charge in [0.25, 0.3) is 0 Å². The molecule has 4 nitrogen and oxygen atoms in total. The smallest absolute Gasteiger partial charge is 0.326 e. The molecule has 0 spiro atoms. The Hall–Kier alpha value is -1.32. The van der Waals surface area contributed by atoms with Crippen molar-refractivity contribution in [2.75, 3.05) is 0 Å². The monoisotopic (exact) mass is 211 g/mol. The maximum absolute atomic E-state index is 11.3. The van der Waals surface area contributed by atoms with Crippen molar-refractivity contribution in [3.05, 3.63) is 12.2 Å². The van der Waals surface area contributed by atoms with Crippen molar-refractivity contribution in [1.29, 1.82) is 0 Å². The van der Waals surface area contributed by atoms with Gasteiger partial charge in [0, 0.05) is 0 Å². The zero-order valence-electron chi connectivity index (χ0n) is 8.90. The Morgan fingerprint density at radius 3 is 2.67 bits per heavy atom. The van der Waals surface area contributed by atoms with Crippen LogP contribution >= 0.6 is 0 Å². The van der Waals surface area contributed by atoms with Crippen LogP contribution in [0.3, 0.4) is 0 Å². The lowest BCUT2D eigenvalue weighted by atomic mass is 10.1. The molecule has 0 aromatic rings. The molecule has 1 saturated carbocycles. The molecule has 0 radical (unpaired) electrons. The molecule has 1 fully saturated rings. The van der Waals surface area contributed by atoms with Gasteiger partial charge in [-0.15, -0.1) is 0 Å². The quantitative estimate of drug-likeness (QED) is 0.651. The summed E-state index contributed by atoms with van der Waals surface area (Å²) in [6.07, 6.45) is 6.79. The van der Waals surface area contributed by atoms with Gasteiger partial charge in [0.2, 0.25) is 5.91 Å². The highest BCUT2D eigenvalue weighted by Crippen LogP contribution is 2.29. The molecule has 1 unspecified atom stereocenters. The predicted octanol–water partition coefficient (Wildman–Crippen LogP) is 1.32. The summed E-state index contributed by atoms with van der Waals surface area (Å²) in [5.74, 6) is -0.738. The topological polar surface area (TPSA) is 66.4 Å². The number of hydrogen-bond acceptors (Lipinski definition) is 2. The van der Waals surface area contributed by atoms with Gasteiger partial charge >= 0.3 is 5.97 Å². The lowest BCUT2D eigenvalue weighted by Gasteiger charge is -2.11. The van der Waals surface area contributed by atoms with Crippen molar-refractivity contribution < 1.29 is 14.7 Å². The molecule has 15 heavy (non-hydrogen) atoms. The number of aliphatic carboxylic acids is 1. The third-order valence-corrected chi connectivity index (χ3v) is 2.33. The van der Waals surface area contributed by atoms with Gasteiger partial charge < -0.3 is 10.4 Å². The number of rotatable bonds is 6. The molecule has 0 bridgehead atoms. The lowest BCUT2D eigenvalue weighted by molar-refractivity contribution is -0.141. The summed E-state index contributed by atoms with van der Waals surface area (Å²) in [7, 11) is 0. The first-order valence-corrected chi connectivity index (χ1v) is 5.35. The molecule has 1 rings (SSSR count). The predicted molar refractivity (Wildman–Crippen MR) is 56.3 cm³/mol. The van der Waals surface area contributed by atoms with Crippen molar-refractivity contribution in [3.63, 3.8) is 0 Å². The molecule has 2 N–H and O–H groups in total. The van der Waals surface area contributed by atoms with Gasteiger partial charge in [-0.25, -0.2) is 4.79 Å². The van der Waals surface area contributed by atoms with Crippen LogP contribution in [-0.4, -0.2) is 23.0 Å². The van der Waals surface area contributed by atoms with Crippen molar-refractivity contribution in [3.8, 4) is 0 Å². The first-order valence-electron chi connectivity index (χ1n) is 5.35. The zero-order chi connectivity index (χ0) is 11.3. The van der Waals surface area contributed by atoms with Gasteiger partial charge in [-0.2, -0.15) is 0 Å². The Labute approximate surface area is 89.4 Å². The molecule has 84 valence electrons. The van der Waals surface area contributed by atoms with Crippen LogP contribution in [0.4, 0.5) is 0 Å². The van der Waals surface area contributed by atoms with Crippen LogP contribution in [0.25, 0.3) is 0 Å². The second kappa shape index (κ2) is 5.53. The average Bonchev–Trinajstić information content (AvgIpc) is 2.97. The van der Waals surface area contributed by atoms with Crippen molar-refractivity contribution >= 4 is 11.9 Å². The maximum atomic E-state index is 11.3. The fourth-order valence-electron chi connectivity index (χ4n) is 1.28. The summed E-state index contributed by atoms with van der Waals surface area (Å²) < 4.78 is 0. The molecule has 0 heterocycles. The van der Waals surface area contributed by atoms with Gasteiger partial charge in [-0.05, 0) is 31.3 Å². The Balaban J connectivity index is 2.35. The molecule has 1 atom stereocenters. The summed E-state index contributed by atoms with van der Waals surface area (Å²) in [6, 6.07) is -0.758. The molecule has 0 aromatic heterocycles. The van der Waals surface area contributed by atoms with E-state index < -0.39 is 12.0 Å². The summed E-state index contributed by atoms with van der Waals surface area (Å²) in [5, 5.41) is 11.3. The van der Waals surface area contributed by atoms with E-state index in [2.05, 4.69) is 5.32 Å². The minimum Gasteiger partial charge on any atom is -0.480 e. The number of carboxylic acid groups (broad SMARTS) is 1. The first-order chi connectivity index (χ1) is 7.13. The molecule has 0 aliphatic heterocycles. The Morgan fingerprint density at radius 1 is 1.53 bits per heavy atom. The summed E-state index contributed by atoms with van der Waals surface area (Å²) in [6.45, 7) is 1.89. The van der Waals surface area contributed by atoms with E-state index in [0.29, 0.717) is 12.3 Å². The van der Waals surface area contributed by atoms with E-state index in [4.69, 9.17) is 5.11 Å². The van der Waals surface area contributed by atoms with Crippen LogP contribution in [0.2, 0.25) is 0 Å². The molecule has 1 amide bonds. The third-order valence-electron chi connectivity index (χ3n) is 2.33. The van der Waals surface area contributed by atoms with Gasteiger partial charge in [-0.3, -0.25) is 4.79 Å². The van der Waals surface area contributed by atoms with Crippen molar-refractivity contribution in [2.45, 2.75) is 38.6 Å². The third kappa shape index (κ3) is 4.63. The molecule has 1 aliphatic rings. The fraction of sp³-hybridized carbons (Fsp3) is 0.636. The number of carbonyl (C=O) groups is 2. The van der Waals surface area contributed by atoms with Crippen molar-refractivity contribution in [2.24, 2.45) is 5.92 Å². The second-order valence-electron chi connectivity index (χ2n) is 3.88. The van der Waals surface area contributed by atoms with Crippen LogP contribution in [0.1, 0.15) is 32.6 Å². The average molecular weight is 211 g/mol. The van der Waals surface area contributed by atoms with E-state index in [1.165, 1.54) is 6.08 Å². The SMILES string of the molecule is CCCC(NC(=O)/C=C/C1CC1)C(=O)O. The highest BCUT2D eigenvalue weighted by atomic mass is 16.4. The second-order valence-corrected chi connectivity index (χ2v) is 3.88. The van der Waals surface area contributed by atoms with E-state index in [1.807, 2.05) is 13.0 Å². The lowest BCUT2D eigenvalue weighted by Crippen LogP contribution is -2.39. The van der Waals surface area contributed by atoms with Crippen LogP contribution in [0, 0.1) is 5.92 Å². The maximum Gasteiger partial charge on any atom is 0.326 e. The van der Waals surface area contributed by atoms with Crippen LogP contribution < -0.4 is 5.32 Å². The van der Waals surface area contributed by atoms with Gasteiger partial charge in [-0.1, -0.05) is 19.4 Å². The normalized spacial score (nSPS) is 17.7. The minimum absolute atomic E-state index is 0.303. The van der Waals surface area contributed by atoms with Gasteiger partial charge in [0.05, 0.1) is 0 Å². The van der Waals surface area contributed by atoms with E-state index in [-0.39, 0.29) is 5.91 Å². The highest BCUT2D eigenvalue weighted by molar-refractivity contribution is 5.91. The molecule has 1 aliphatic carbocycles. The van der Waals surface area contributed by atoms with Gasteiger partial charge in [0.15, 0.2) is 0 Å². The largest absolute Gasteiger partial charge is 0.480 e. The Morgan fingerprint density at radius 2 is 2.20 bits per heavy atom. The molecular weight excluding hydrogens is 194 g/mol. The first kappa shape index (κ1) is 11.8. The van der Waals surface area contributed by atoms with E-state index in [9.17, 15) is 9.59 Å². The minimum atomic E-state index is -0.968. The summed E-state index contributed by atoms with van der Waals surface area (Å²) in [5.41, 5.74) is 0. The number of allylic oxidation sites excluding steroid dienone is 1. The summed E-state index contributed by atoms with van der Waals surface area (Å²) in [4.78, 5) is 22.0. The Kier molecular flexibility index (Phi) is 4.34. The molecule has 0 saturated heterocycles. The fourth-order valence-corrected chi connectivity index (χ4v) is 1.28. The van der Waals surface area contributed by atoms with Crippen molar-refractivity contribution in [1.82, 2.24) is 5.32 Å². The van der Waals surface area contributed by atoms with Crippen LogP contribution in [0.15, 0.2) is 12.2 Å². The molecule has 0 aromatic carbocycles. The number of carbonyl (C=O) groups excluding carboxylic acids is 1. The number of nitrogens with one attached hydrogen (secondary N) is 1. The molecule has 4 heteroatoms. The van der Waals surface area contributed by atoms with Crippen LogP contribution in [0.5, 0.6) is 0 Å². The zero-order valence-corrected chi connectivity index (χ0v) is 8.90. The van der Waals surface area contributed by atoms with E-state index in [0.717, 1.165) is 19.3 Å². The number of hydrogen-bond donors (Lipinski definition) is 2. The van der Waals surface area contributed by atoms with Crippen LogP contribution in [-0.2, 0) is 9.59 Å². The number of carboxylic acids is 1.